The molecule has 1 aromatic carbocycles. The highest BCUT2D eigenvalue weighted by atomic mass is 35.5. The highest BCUT2D eigenvalue weighted by molar-refractivity contribution is 6.31. The molecule has 1 heterocycles. The van der Waals surface area contributed by atoms with Gasteiger partial charge in [0.1, 0.15) is 5.82 Å². The second-order valence-electron chi connectivity index (χ2n) is 5.30. The summed E-state index contributed by atoms with van der Waals surface area (Å²) in [5, 5.41) is 13.9. The molecule has 0 fully saturated rings. The standard InChI is InChI=1S/C15H22ClN3O/c1-4-10(2)14(20)8-17-9-15-18-12-7-11(16)5-6-13(12)19(15)3/h5-7,10,14,17,20H,4,8-9H2,1-3H3. The van der Waals surface area contributed by atoms with Crippen molar-refractivity contribution in [1.29, 1.82) is 0 Å². The largest absolute Gasteiger partial charge is 0.392 e. The van der Waals surface area contributed by atoms with Gasteiger partial charge in [0.25, 0.3) is 0 Å². The van der Waals surface area contributed by atoms with Gasteiger partial charge < -0.3 is 15.0 Å². The van der Waals surface area contributed by atoms with Gasteiger partial charge in [0, 0.05) is 18.6 Å². The van der Waals surface area contributed by atoms with E-state index in [0.29, 0.717) is 24.0 Å². The Morgan fingerprint density at radius 3 is 2.90 bits per heavy atom. The van der Waals surface area contributed by atoms with Crippen molar-refractivity contribution in [2.75, 3.05) is 6.54 Å². The number of aromatic nitrogens is 2. The molecular weight excluding hydrogens is 274 g/mol. The Bertz CT molecular complexity index is 582. The van der Waals surface area contributed by atoms with Gasteiger partial charge in [0.2, 0.25) is 0 Å². The van der Waals surface area contributed by atoms with Crippen molar-refractivity contribution in [2.45, 2.75) is 32.9 Å². The van der Waals surface area contributed by atoms with Gasteiger partial charge in [0.15, 0.2) is 0 Å². The molecule has 0 saturated carbocycles. The van der Waals surface area contributed by atoms with Crippen molar-refractivity contribution in [3.8, 4) is 0 Å². The van der Waals surface area contributed by atoms with Gasteiger partial charge in [-0.3, -0.25) is 0 Å². The predicted molar refractivity (Wildman–Crippen MR) is 82.9 cm³/mol. The molecule has 2 rings (SSSR count). The first-order chi connectivity index (χ1) is 9.52. The van der Waals surface area contributed by atoms with E-state index in [1.165, 1.54) is 0 Å². The molecule has 20 heavy (non-hydrogen) atoms. The van der Waals surface area contributed by atoms with Gasteiger partial charge >= 0.3 is 0 Å². The summed E-state index contributed by atoms with van der Waals surface area (Å²) >= 11 is 5.98. The third-order valence-corrected chi connectivity index (χ3v) is 4.11. The molecule has 0 amide bonds. The van der Waals surface area contributed by atoms with E-state index in [0.717, 1.165) is 23.3 Å². The van der Waals surface area contributed by atoms with Crippen LogP contribution in [-0.4, -0.2) is 27.3 Å². The summed E-state index contributed by atoms with van der Waals surface area (Å²) in [5.41, 5.74) is 1.97. The number of rotatable bonds is 6. The molecule has 2 N–H and O–H groups in total. The third-order valence-electron chi connectivity index (χ3n) is 3.87. The quantitative estimate of drug-likeness (QED) is 0.861. The number of aliphatic hydroxyl groups is 1. The second kappa shape index (κ2) is 6.57. The molecule has 0 aliphatic rings. The van der Waals surface area contributed by atoms with Crippen LogP contribution in [0.15, 0.2) is 18.2 Å². The molecule has 0 bridgehead atoms. The van der Waals surface area contributed by atoms with Crippen molar-refractivity contribution in [3.63, 3.8) is 0 Å². The monoisotopic (exact) mass is 295 g/mol. The van der Waals surface area contributed by atoms with Crippen LogP contribution >= 0.6 is 11.6 Å². The Morgan fingerprint density at radius 1 is 1.45 bits per heavy atom. The first kappa shape index (κ1) is 15.3. The smallest absolute Gasteiger partial charge is 0.123 e. The van der Waals surface area contributed by atoms with Gasteiger partial charge in [-0.25, -0.2) is 4.98 Å². The fraction of sp³-hybridized carbons (Fsp3) is 0.533. The van der Waals surface area contributed by atoms with Gasteiger partial charge in [-0.1, -0.05) is 31.9 Å². The highest BCUT2D eigenvalue weighted by Gasteiger charge is 2.12. The van der Waals surface area contributed by atoms with Gasteiger partial charge in [-0.2, -0.15) is 0 Å². The lowest BCUT2D eigenvalue weighted by molar-refractivity contribution is 0.112. The zero-order valence-electron chi connectivity index (χ0n) is 12.2. The van der Waals surface area contributed by atoms with Crippen molar-refractivity contribution in [3.05, 3.63) is 29.0 Å². The number of aliphatic hydroxyl groups excluding tert-OH is 1. The van der Waals surface area contributed by atoms with Crippen LogP contribution < -0.4 is 5.32 Å². The molecule has 0 spiro atoms. The summed E-state index contributed by atoms with van der Waals surface area (Å²) in [6, 6.07) is 5.71. The SMILES string of the molecule is CCC(C)C(O)CNCc1nc2cc(Cl)ccc2n1C. The summed E-state index contributed by atoms with van der Waals surface area (Å²) in [6.07, 6.45) is 0.664. The molecule has 1 aromatic heterocycles. The Kier molecular flexibility index (Phi) is 5.02. The maximum absolute atomic E-state index is 9.93. The minimum absolute atomic E-state index is 0.307. The van der Waals surface area contributed by atoms with Gasteiger partial charge in [-0.05, 0) is 24.1 Å². The number of nitrogens with zero attached hydrogens (tertiary/aromatic N) is 2. The minimum Gasteiger partial charge on any atom is -0.392 e. The van der Waals surface area contributed by atoms with E-state index in [1.807, 2.05) is 29.8 Å². The Labute approximate surface area is 124 Å². The van der Waals surface area contributed by atoms with Crippen molar-refractivity contribution in [2.24, 2.45) is 13.0 Å². The normalized spacial score (nSPS) is 14.7. The van der Waals surface area contributed by atoms with E-state index < -0.39 is 0 Å². The zero-order chi connectivity index (χ0) is 14.7. The van der Waals surface area contributed by atoms with Gasteiger partial charge in [-0.15, -0.1) is 0 Å². The van der Waals surface area contributed by atoms with E-state index in [2.05, 4.69) is 24.1 Å². The number of fused-ring (bicyclic) bond motifs is 1. The number of halogens is 1. The third kappa shape index (κ3) is 3.32. The van der Waals surface area contributed by atoms with E-state index in [1.54, 1.807) is 0 Å². The topological polar surface area (TPSA) is 50.1 Å². The van der Waals surface area contributed by atoms with E-state index in [4.69, 9.17) is 11.6 Å². The molecule has 110 valence electrons. The molecule has 0 radical (unpaired) electrons. The van der Waals surface area contributed by atoms with Crippen LogP contribution in [0.25, 0.3) is 11.0 Å². The minimum atomic E-state index is -0.316. The maximum Gasteiger partial charge on any atom is 0.123 e. The molecule has 2 aromatic rings. The van der Waals surface area contributed by atoms with E-state index >= 15 is 0 Å². The molecule has 0 saturated heterocycles. The summed E-state index contributed by atoms with van der Waals surface area (Å²) in [7, 11) is 1.99. The van der Waals surface area contributed by atoms with Crippen LogP contribution in [0.1, 0.15) is 26.1 Å². The number of nitrogens with one attached hydrogen (secondary N) is 1. The van der Waals surface area contributed by atoms with E-state index in [9.17, 15) is 5.11 Å². The molecule has 0 aliphatic heterocycles. The average Bonchev–Trinajstić information content (AvgIpc) is 2.73. The Hall–Kier alpha value is -1.10. The Morgan fingerprint density at radius 2 is 2.20 bits per heavy atom. The van der Waals surface area contributed by atoms with Crippen LogP contribution in [0.3, 0.4) is 0 Å². The molecule has 5 heteroatoms. The number of hydrogen-bond acceptors (Lipinski definition) is 3. The predicted octanol–water partition coefficient (Wildman–Crippen LogP) is 2.72. The zero-order valence-corrected chi connectivity index (χ0v) is 13.0. The van der Waals surface area contributed by atoms with Crippen molar-refractivity contribution < 1.29 is 5.11 Å². The van der Waals surface area contributed by atoms with Crippen LogP contribution in [0.2, 0.25) is 5.02 Å². The molecule has 2 atom stereocenters. The fourth-order valence-corrected chi connectivity index (χ4v) is 2.35. The average molecular weight is 296 g/mol. The summed E-state index contributed by atoms with van der Waals surface area (Å²) in [4.78, 5) is 4.57. The lowest BCUT2D eigenvalue weighted by atomic mass is 10.0. The second-order valence-corrected chi connectivity index (χ2v) is 5.74. The summed E-state index contributed by atoms with van der Waals surface area (Å²) in [5.74, 6) is 1.25. The number of imidazole rings is 1. The molecule has 2 unspecified atom stereocenters. The van der Waals surface area contributed by atoms with Crippen LogP contribution in [0.5, 0.6) is 0 Å². The van der Waals surface area contributed by atoms with E-state index in [-0.39, 0.29) is 6.10 Å². The van der Waals surface area contributed by atoms with Crippen molar-refractivity contribution in [1.82, 2.24) is 14.9 Å². The van der Waals surface area contributed by atoms with Crippen LogP contribution in [-0.2, 0) is 13.6 Å². The summed E-state index contributed by atoms with van der Waals surface area (Å²) < 4.78 is 2.05. The number of aryl methyl sites for hydroxylation is 1. The Balaban J connectivity index is 2.01. The number of benzene rings is 1. The number of hydrogen-bond donors (Lipinski definition) is 2. The van der Waals surface area contributed by atoms with Gasteiger partial charge in [0.05, 0.1) is 23.7 Å². The summed E-state index contributed by atoms with van der Waals surface area (Å²) in [6.45, 7) is 5.36. The van der Waals surface area contributed by atoms with Crippen LogP contribution in [0, 0.1) is 5.92 Å². The van der Waals surface area contributed by atoms with Crippen LogP contribution in [0.4, 0.5) is 0 Å². The van der Waals surface area contributed by atoms with Crippen molar-refractivity contribution >= 4 is 22.6 Å². The highest BCUT2D eigenvalue weighted by Crippen LogP contribution is 2.19. The first-order valence-corrected chi connectivity index (χ1v) is 7.40. The molecule has 4 nitrogen and oxygen atoms in total. The molecule has 0 aliphatic carbocycles. The maximum atomic E-state index is 9.93. The lowest BCUT2D eigenvalue weighted by Crippen LogP contribution is -2.31. The fourth-order valence-electron chi connectivity index (χ4n) is 2.19. The lowest BCUT2D eigenvalue weighted by Gasteiger charge is -2.17. The first-order valence-electron chi connectivity index (χ1n) is 7.02. The molecular formula is C15H22ClN3O.